The Morgan fingerprint density at radius 1 is 1.26 bits per heavy atom. The van der Waals surface area contributed by atoms with Gasteiger partial charge in [-0.1, -0.05) is 30.3 Å². The lowest BCUT2D eigenvalue weighted by atomic mass is 10.2. The van der Waals surface area contributed by atoms with Crippen LogP contribution >= 0.6 is 0 Å². The van der Waals surface area contributed by atoms with Crippen molar-refractivity contribution >= 4 is 17.8 Å². The number of aliphatic imine (C=N–C) groups is 1. The highest BCUT2D eigenvalue weighted by Crippen LogP contribution is 2.13. The van der Waals surface area contributed by atoms with Gasteiger partial charge in [0.1, 0.15) is 17.4 Å². The summed E-state index contributed by atoms with van der Waals surface area (Å²) in [5.41, 5.74) is 1.26. The number of amides is 1. The molecule has 1 aliphatic heterocycles. The number of aromatic nitrogens is 2. The number of carbonyl (C=O) groups is 1. The van der Waals surface area contributed by atoms with Crippen molar-refractivity contribution in [3.05, 3.63) is 59.8 Å². The Balaban J connectivity index is 1.96. The van der Waals surface area contributed by atoms with E-state index >= 15 is 0 Å². The van der Waals surface area contributed by atoms with Gasteiger partial charge in [-0.2, -0.15) is 0 Å². The van der Waals surface area contributed by atoms with Crippen molar-refractivity contribution in [2.45, 2.75) is 0 Å². The largest absolute Gasteiger partial charge is 0.334 e. The molecule has 5 heteroatoms. The molecular weight excluding hydrogens is 240 g/mol. The van der Waals surface area contributed by atoms with Crippen LogP contribution in [0.1, 0.15) is 11.4 Å². The number of nitrogens with one attached hydrogen (secondary N) is 1. The van der Waals surface area contributed by atoms with Gasteiger partial charge >= 0.3 is 0 Å². The molecule has 0 atom stereocenters. The molecule has 19 heavy (non-hydrogen) atoms. The zero-order valence-electron chi connectivity index (χ0n) is 10.4. The predicted octanol–water partition coefficient (Wildman–Crippen LogP) is 1.34. The average molecular weight is 252 g/mol. The standard InChI is InChI=1S/C14H12N4O/c1-18-8-7-15-12(18)9-11-14(19)17-13(16-11)10-5-3-2-4-6-10/h2-9H,1H3,(H,16,17,19)/b11-9-. The number of amidine groups is 1. The molecule has 1 N–H and O–H groups in total. The molecule has 0 saturated heterocycles. The fourth-order valence-electron chi connectivity index (χ4n) is 1.84. The smallest absolute Gasteiger partial charge is 0.275 e. The zero-order chi connectivity index (χ0) is 13.2. The van der Waals surface area contributed by atoms with E-state index in [9.17, 15) is 4.79 Å². The Bertz CT molecular complexity index is 682. The van der Waals surface area contributed by atoms with Crippen LogP contribution in [0.2, 0.25) is 0 Å². The van der Waals surface area contributed by atoms with Gasteiger partial charge in [-0.15, -0.1) is 0 Å². The number of rotatable bonds is 2. The van der Waals surface area contributed by atoms with Crippen LogP contribution in [0.15, 0.2) is 53.4 Å². The lowest BCUT2D eigenvalue weighted by molar-refractivity contribution is -0.115. The highest BCUT2D eigenvalue weighted by Gasteiger charge is 2.21. The van der Waals surface area contributed by atoms with Crippen LogP contribution in [0.25, 0.3) is 6.08 Å². The van der Waals surface area contributed by atoms with Crippen LogP contribution in [-0.4, -0.2) is 21.3 Å². The minimum absolute atomic E-state index is 0.207. The summed E-state index contributed by atoms with van der Waals surface area (Å²) in [5, 5.41) is 2.76. The van der Waals surface area contributed by atoms with Crippen LogP contribution < -0.4 is 5.32 Å². The van der Waals surface area contributed by atoms with Gasteiger partial charge in [-0.25, -0.2) is 9.98 Å². The van der Waals surface area contributed by atoms with E-state index in [0.717, 1.165) is 5.56 Å². The summed E-state index contributed by atoms with van der Waals surface area (Å²) >= 11 is 0. The SMILES string of the molecule is Cn1ccnc1/C=C1\N=C(c2ccccc2)NC1=O. The van der Waals surface area contributed by atoms with Crippen LogP contribution in [-0.2, 0) is 11.8 Å². The summed E-state index contributed by atoms with van der Waals surface area (Å²) in [5.74, 6) is 1.07. The third-order valence-corrected chi connectivity index (χ3v) is 2.87. The third kappa shape index (κ3) is 2.18. The molecule has 0 aliphatic carbocycles. The second-order valence-corrected chi connectivity index (χ2v) is 4.21. The molecule has 2 heterocycles. The molecule has 1 amide bonds. The number of nitrogens with zero attached hydrogens (tertiary/aromatic N) is 3. The van der Waals surface area contributed by atoms with Gasteiger partial charge in [0.25, 0.3) is 5.91 Å². The molecular formula is C14H12N4O. The lowest BCUT2D eigenvalue weighted by Crippen LogP contribution is -2.24. The van der Waals surface area contributed by atoms with Gasteiger partial charge < -0.3 is 9.88 Å². The molecule has 0 saturated carbocycles. The topological polar surface area (TPSA) is 59.3 Å². The molecule has 1 aromatic heterocycles. The maximum absolute atomic E-state index is 11.9. The molecule has 3 rings (SSSR count). The molecule has 0 unspecified atom stereocenters. The minimum atomic E-state index is -0.207. The van der Waals surface area contributed by atoms with Crippen LogP contribution in [0, 0.1) is 0 Å². The average Bonchev–Trinajstić information content (AvgIpc) is 2.99. The monoisotopic (exact) mass is 252 g/mol. The third-order valence-electron chi connectivity index (χ3n) is 2.87. The molecule has 0 radical (unpaired) electrons. The fourth-order valence-corrected chi connectivity index (χ4v) is 1.84. The first-order valence-corrected chi connectivity index (χ1v) is 5.88. The molecule has 1 aromatic carbocycles. The summed E-state index contributed by atoms with van der Waals surface area (Å²) in [4.78, 5) is 20.3. The Morgan fingerprint density at radius 3 is 2.74 bits per heavy atom. The van der Waals surface area contributed by atoms with E-state index in [1.54, 1.807) is 12.3 Å². The number of hydrogen-bond acceptors (Lipinski definition) is 3. The number of aryl methyl sites for hydroxylation is 1. The summed E-state index contributed by atoms with van der Waals surface area (Å²) in [6, 6.07) is 9.55. The Labute approximate surface area is 110 Å². The van der Waals surface area contributed by atoms with E-state index in [2.05, 4.69) is 15.3 Å². The van der Waals surface area contributed by atoms with E-state index < -0.39 is 0 Å². The van der Waals surface area contributed by atoms with E-state index in [1.165, 1.54) is 0 Å². The van der Waals surface area contributed by atoms with Gasteiger partial charge in [0.05, 0.1) is 0 Å². The Hall–Kier alpha value is -2.69. The summed E-state index contributed by atoms with van der Waals surface area (Å²) < 4.78 is 1.83. The maximum Gasteiger partial charge on any atom is 0.275 e. The maximum atomic E-state index is 11.9. The Kier molecular flexibility index (Phi) is 2.72. The number of carbonyl (C=O) groups excluding carboxylic acids is 1. The van der Waals surface area contributed by atoms with Crippen LogP contribution in [0.4, 0.5) is 0 Å². The van der Waals surface area contributed by atoms with Gasteiger partial charge in [0, 0.05) is 31.1 Å². The number of benzene rings is 1. The normalized spacial score (nSPS) is 16.6. The minimum Gasteiger partial charge on any atom is -0.334 e. The van der Waals surface area contributed by atoms with Crippen molar-refractivity contribution in [2.24, 2.45) is 12.0 Å². The van der Waals surface area contributed by atoms with Gasteiger partial charge in [0.2, 0.25) is 0 Å². The van der Waals surface area contributed by atoms with Crippen molar-refractivity contribution in [3.8, 4) is 0 Å². The molecule has 0 bridgehead atoms. The number of hydrogen-bond donors (Lipinski definition) is 1. The second kappa shape index (κ2) is 4.53. The van der Waals surface area contributed by atoms with Gasteiger partial charge in [0.15, 0.2) is 0 Å². The van der Waals surface area contributed by atoms with Crippen molar-refractivity contribution in [3.63, 3.8) is 0 Å². The first-order chi connectivity index (χ1) is 9.24. The van der Waals surface area contributed by atoms with Crippen molar-refractivity contribution in [1.29, 1.82) is 0 Å². The Morgan fingerprint density at radius 2 is 2.05 bits per heavy atom. The first-order valence-electron chi connectivity index (χ1n) is 5.88. The molecule has 2 aromatic rings. The van der Waals surface area contributed by atoms with Crippen molar-refractivity contribution in [1.82, 2.24) is 14.9 Å². The van der Waals surface area contributed by atoms with E-state index in [-0.39, 0.29) is 5.91 Å². The molecule has 94 valence electrons. The number of imidazole rings is 1. The van der Waals surface area contributed by atoms with Crippen LogP contribution in [0.3, 0.4) is 0 Å². The van der Waals surface area contributed by atoms with Crippen LogP contribution in [0.5, 0.6) is 0 Å². The highest BCUT2D eigenvalue weighted by atomic mass is 16.2. The van der Waals surface area contributed by atoms with Gasteiger partial charge in [-0.05, 0) is 0 Å². The van der Waals surface area contributed by atoms with E-state index in [0.29, 0.717) is 17.4 Å². The predicted molar refractivity (Wildman–Crippen MR) is 72.3 cm³/mol. The second-order valence-electron chi connectivity index (χ2n) is 4.21. The zero-order valence-corrected chi connectivity index (χ0v) is 10.4. The first kappa shape index (κ1) is 11.4. The van der Waals surface area contributed by atoms with Crippen molar-refractivity contribution in [2.75, 3.05) is 0 Å². The summed E-state index contributed by atoms with van der Waals surface area (Å²) in [6.45, 7) is 0. The van der Waals surface area contributed by atoms with E-state index in [4.69, 9.17) is 0 Å². The van der Waals surface area contributed by atoms with E-state index in [1.807, 2.05) is 48.1 Å². The molecule has 1 aliphatic rings. The quantitative estimate of drug-likeness (QED) is 0.820. The fraction of sp³-hybridized carbons (Fsp3) is 0.0714. The lowest BCUT2D eigenvalue weighted by Gasteiger charge is -1.98. The molecule has 0 fully saturated rings. The summed E-state index contributed by atoms with van der Waals surface area (Å²) in [6.07, 6.45) is 5.17. The molecule has 5 nitrogen and oxygen atoms in total. The van der Waals surface area contributed by atoms with Gasteiger partial charge in [-0.3, -0.25) is 4.79 Å². The highest BCUT2D eigenvalue weighted by molar-refractivity contribution is 6.19. The molecule has 0 spiro atoms. The van der Waals surface area contributed by atoms with Crippen molar-refractivity contribution < 1.29 is 4.79 Å². The summed E-state index contributed by atoms with van der Waals surface area (Å²) in [7, 11) is 1.87.